The Kier molecular flexibility index (Phi) is 3.17. The Bertz CT molecular complexity index is 409. The molecule has 0 saturated heterocycles. The predicted molar refractivity (Wildman–Crippen MR) is 57.5 cm³/mol. The van der Waals surface area contributed by atoms with Gasteiger partial charge in [0, 0.05) is 17.9 Å². The molecule has 4 nitrogen and oxygen atoms in total. The molecule has 0 spiro atoms. The Hall–Kier alpha value is -1.46. The van der Waals surface area contributed by atoms with Crippen LogP contribution in [-0.4, -0.2) is 24.2 Å². The highest BCUT2D eigenvalue weighted by atomic mass is 19.1. The first-order valence-electron chi connectivity index (χ1n) is 5.17. The Labute approximate surface area is 92.5 Å². The number of nitrogens with one attached hydrogen (secondary N) is 2. The van der Waals surface area contributed by atoms with E-state index in [1.165, 1.54) is 12.1 Å². The molecule has 0 aromatic heterocycles. The summed E-state index contributed by atoms with van der Waals surface area (Å²) in [5.74, 6) is -0.539. The van der Waals surface area contributed by atoms with Gasteiger partial charge in [-0.2, -0.15) is 0 Å². The molecule has 16 heavy (non-hydrogen) atoms. The van der Waals surface area contributed by atoms with E-state index in [2.05, 4.69) is 10.6 Å². The Balaban J connectivity index is 2.15. The van der Waals surface area contributed by atoms with E-state index in [1.54, 1.807) is 6.07 Å². The molecule has 1 amide bonds. The van der Waals surface area contributed by atoms with Crippen LogP contribution in [0.15, 0.2) is 18.2 Å². The zero-order valence-corrected chi connectivity index (χ0v) is 8.66. The Morgan fingerprint density at radius 1 is 1.50 bits per heavy atom. The van der Waals surface area contributed by atoms with Gasteiger partial charge in [0.1, 0.15) is 11.9 Å². The number of aliphatic hydroxyl groups is 1. The standard InChI is InChI=1S/C11H13FN2O2/c12-7-2-3-9-8(6-7)10(11(16)14-9)13-4-1-5-15/h2-3,6,10,13,15H,1,4-5H2,(H,14,16). The molecular weight excluding hydrogens is 211 g/mol. The highest BCUT2D eigenvalue weighted by Gasteiger charge is 2.29. The van der Waals surface area contributed by atoms with Crippen molar-refractivity contribution in [1.29, 1.82) is 0 Å². The molecule has 3 N–H and O–H groups in total. The number of amides is 1. The van der Waals surface area contributed by atoms with Crippen LogP contribution < -0.4 is 10.6 Å². The molecule has 1 unspecified atom stereocenters. The highest BCUT2D eigenvalue weighted by Crippen LogP contribution is 2.30. The SMILES string of the molecule is O=C1Nc2ccc(F)cc2C1NCCCO. The lowest BCUT2D eigenvalue weighted by atomic mass is 10.1. The van der Waals surface area contributed by atoms with E-state index in [-0.39, 0.29) is 18.3 Å². The van der Waals surface area contributed by atoms with Crippen molar-refractivity contribution >= 4 is 11.6 Å². The summed E-state index contributed by atoms with van der Waals surface area (Å²) in [4.78, 5) is 11.6. The summed E-state index contributed by atoms with van der Waals surface area (Å²) in [5, 5.41) is 14.3. The number of fused-ring (bicyclic) bond motifs is 1. The number of carbonyl (C=O) groups excluding carboxylic acids is 1. The monoisotopic (exact) mass is 224 g/mol. The Morgan fingerprint density at radius 2 is 2.31 bits per heavy atom. The van der Waals surface area contributed by atoms with Gasteiger partial charge in [-0.25, -0.2) is 4.39 Å². The fraction of sp³-hybridized carbons (Fsp3) is 0.364. The second-order valence-electron chi connectivity index (χ2n) is 3.69. The molecule has 2 rings (SSSR count). The zero-order valence-electron chi connectivity index (χ0n) is 8.66. The molecule has 1 atom stereocenters. The van der Waals surface area contributed by atoms with Gasteiger partial charge in [-0.15, -0.1) is 0 Å². The normalized spacial score (nSPS) is 18.4. The highest BCUT2D eigenvalue weighted by molar-refractivity contribution is 6.02. The summed E-state index contributed by atoms with van der Waals surface area (Å²) in [6, 6.07) is 3.70. The minimum absolute atomic E-state index is 0.0668. The van der Waals surface area contributed by atoms with Gasteiger partial charge in [0.2, 0.25) is 5.91 Å². The number of anilines is 1. The lowest BCUT2D eigenvalue weighted by molar-refractivity contribution is -0.117. The van der Waals surface area contributed by atoms with Crippen LogP contribution in [0.5, 0.6) is 0 Å². The molecule has 0 fully saturated rings. The van der Waals surface area contributed by atoms with E-state index in [1.807, 2.05) is 0 Å². The van der Waals surface area contributed by atoms with Crippen molar-refractivity contribution in [2.45, 2.75) is 12.5 Å². The van der Waals surface area contributed by atoms with Gasteiger partial charge in [-0.05, 0) is 31.2 Å². The number of aliphatic hydroxyl groups excluding tert-OH is 1. The summed E-state index contributed by atoms with van der Waals surface area (Å²) in [6.45, 7) is 0.585. The van der Waals surface area contributed by atoms with Crippen molar-refractivity contribution in [1.82, 2.24) is 5.32 Å². The molecule has 5 heteroatoms. The lowest BCUT2D eigenvalue weighted by Gasteiger charge is -2.10. The second kappa shape index (κ2) is 4.59. The smallest absolute Gasteiger partial charge is 0.246 e. The van der Waals surface area contributed by atoms with Crippen LogP contribution in [0.2, 0.25) is 0 Å². The van der Waals surface area contributed by atoms with Gasteiger partial charge in [-0.1, -0.05) is 0 Å². The van der Waals surface area contributed by atoms with Crippen molar-refractivity contribution in [2.75, 3.05) is 18.5 Å². The first-order valence-corrected chi connectivity index (χ1v) is 5.17. The summed E-state index contributed by atoms with van der Waals surface area (Å²) in [6.07, 6.45) is 0.564. The van der Waals surface area contributed by atoms with Crippen molar-refractivity contribution < 1.29 is 14.3 Å². The summed E-state index contributed by atoms with van der Waals surface area (Å²) >= 11 is 0. The topological polar surface area (TPSA) is 61.4 Å². The van der Waals surface area contributed by atoms with Crippen LogP contribution >= 0.6 is 0 Å². The van der Waals surface area contributed by atoms with E-state index in [0.29, 0.717) is 24.2 Å². The van der Waals surface area contributed by atoms with Crippen molar-refractivity contribution in [3.8, 4) is 0 Å². The lowest BCUT2D eigenvalue weighted by Crippen LogP contribution is -2.28. The van der Waals surface area contributed by atoms with Crippen molar-refractivity contribution in [3.63, 3.8) is 0 Å². The maximum absolute atomic E-state index is 13.0. The largest absolute Gasteiger partial charge is 0.396 e. The Morgan fingerprint density at radius 3 is 3.06 bits per heavy atom. The van der Waals surface area contributed by atoms with Crippen LogP contribution in [0.1, 0.15) is 18.0 Å². The maximum atomic E-state index is 13.0. The van der Waals surface area contributed by atoms with Gasteiger partial charge in [0.15, 0.2) is 0 Å². The average Bonchev–Trinajstić information content (AvgIpc) is 2.56. The maximum Gasteiger partial charge on any atom is 0.246 e. The van der Waals surface area contributed by atoms with Crippen LogP contribution in [0.3, 0.4) is 0 Å². The number of hydrogen-bond acceptors (Lipinski definition) is 3. The number of rotatable bonds is 4. The molecule has 86 valence electrons. The van der Waals surface area contributed by atoms with E-state index in [9.17, 15) is 9.18 Å². The molecule has 0 aliphatic carbocycles. The minimum atomic E-state index is -0.516. The van der Waals surface area contributed by atoms with E-state index in [0.717, 1.165) is 0 Å². The van der Waals surface area contributed by atoms with Crippen LogP contribution in [-0.2, 0) is 4.79 Å². The first-order chi connectivity index (χ1) is 7.72. The first kappa shape index (κ1) is 11.0. The van der Waals surface area contributed by atoms with E-state index >= 15 is 0 Å². The third-order valence-corrected chi connectivity index (χ3v) is 2.53. The summed E-state index contributed by atoms with van der Waals surface area (Å²) in [7, 11) is 0. The second-order valence-corrected chi connectivity index (χ2v) is 3.69. The number of halogens is 1. The van der Waals surface area contributed by atoms with Gasteiger partial charge in [0.05, 0.1) is 0 Å². The fourth-order valence-corrected chi connectivity index (χ4v) is 1.76. The number of carbonyl (C=O) groups is 1. The molecule has 0 radical (unpaired) electrons. The third kappa shape index (κ3) is 2.05. The number of hydrogen-bond donors (Lipinski definition) is 3. The number of benzene rings is 1. The quantitative estimate of drug-likeness (QED) is 0.663. The predicted octanol–water partition coefficient (Wildman–Crippen LogP) is 0.791. The summed E-state index contributed by atoms with van der Waals surface area (Å²) < 4.78 is 13.0. The molecule has 0 saturated carbocycles. The molecule has 1 aromatic rings. The van der Waals surface area contributed by atoms with Crippen LogP contribution in [0.25, 0.3) is 0 Å². The molecule has 1 heterocycles. The third-order valence-electron chi connectivity index (χ3n) is 2.53. The van der Waals surface area contributed by atoms with Crippen molar-refractivity contribution in [2.24, 2.45) is 0 Å². The fourth-order valence-electron chi connectivity index (χ4n) is 1.76. The van der Waals surface area contributed by atoms with Gasteiger partial charge < -0.3 is 15.7 Å². The zero-order chi connectivity index (χ0) is 11.5. The molecule has 1 aromatic carbocycles. The average molecular weight is 224 g/mol. The van der Waals surface area contributed by atoms with Crippen LogP contribution in [0.4, 0.5) is 10.1 Å². The molecule has 1 aliphatic heterocycles. The van der Waals surface area contributed by atoms with Gasteiger partial charge in [-0.3, -0.25) is 4.79 Å². The van der Waals surface area contributed by atoms with Crippen LogP contribution in [0, 0.1) is 5.82 Å². The van der Waals surface area contributed by atoms with Crippen molar-refractivity contribution in [3.05, 3.63) is 29.6 Å². The van der Waals surface area contributed by atoms with E-state index < -0.39 is 6.04 Å². The summed E-state index contributed by atoms with van der Waals surface area (Å²) in [5.41, 5.74) is 1.27. The van der Waals surface area contributed by atoms with Gasteiger partial charge >= 0.3 is 0 Å². The van der Waals surface area contributed by atoms with E-state index in [4.69, 9.17) is 5.11 Å². The molecule has 0 bridgehead atoms. The minimum Gasteiger partial charge on any atom is -0.396 e. The van der Waals surface area contributed by atoms with Gasteiger partial charge in [0.25, 0.3) is 0 Å². The molecule has 1 aliphatic rings. The molecular formula is C11H13FN2O2.